The van der Waals surface area contributed by atoms with Crippen LogP contribution in [0.2, 0.25) is 0 Å². The summed E-state index contributed by atoms with van der Waals surface area (Å²) in [7, 11) is 0. The molecule has 1 aromatic rings. The lowest BCUT2D eigenvalue weighted by atomic mass is 10.1. The summed E-state index contributed by atoms with van der Waals surface area (Å²) in [5, 5.41) is 0. The Balaban J connectivity index is 1.85. The van der Waals surface area contributed by atoms with E-state index in [1.54, 1.807) is 0 Å². The van der Waals surface area contributed by atoms with E-state index >= 15 is 0 Å². The maximum atomic E-state index is 5.58. The van der Waals surface area contributed by atoms with Crippen molar-refractivity contribution in [3.8, 4) is 0 Å². The lowest BCUT2D eigenvalue weighted by molar-refractivity contribution is -0.00990. The third-order valence-corrected chi connectivity index (χ3v) is 4.10. The maximum Gasteiger partial charge on any atom is 0.0622 e. The molecule has 1 atom stereocenters. The summed E-state index contributed by atoms with van der Waals surface area (Å²) in [6.07, 6.45) is 3.62. The van der Waals surface area contributed by atoms with Gasteiger partial charge in [0.05, 0.1) is 13.2 Å². The first-order chi connectivity index (χ1) is 8.79. The average Bonchev–Trinajstić information content (AvgIpc) is 2.40. The predicted octanol–water partition coefficient (Wildman–Crippen LogP) is 3.49. The van der Waals surface area contributed by atoms with Crippen LogP contribution in [0, 0.1) is 0 Å². The van der Waals surface area contributed by atoms with E-state index in [0.29, 0.717) is 6.04 Å². The second kappa shape index (κ2) is 7.27. The van der Waals surface area contributed by atoms with Crippen molar-refractivity contribution in [3.05, 3.63) is 34.3 Å². The predicted molar refractivity (Wildman–Crippen MR) is 78.9 cm³/mol. The molecule has 0 aliphatic carbocycles. The Labute approximate surface area is 118 Å². The Morgan fingerprint density at radius 3 is 2.83 bits per heavy atom. The fourth-order valence-corrected chi connectivity index (χ4v) is 2.77. The third kappa shape index (κ3) is 4.08. The second-order valence-electron chi connectivity index (χ2n) is 4.93. The molecule has 1 unspecified atom stereocenters. The van der Waals surface area contributed by atoms with Gasteiger partial charge < -0.3 is 4.74 Å². The summed E-state index contributed by atoms with van der Waals surface area (Å²) in [5.74, 6) is 0. The normalized spacial score (nSPS) is 21.1. The molecule has 1 fully saturated rings. The van der Waals surface area contributed by atoms with E-state index in [0.717, 1.165) is 37.2 Å². The molecule has 1 aliphatic heterocycles. The van der Waals surface area contributed by atoms with Gasteiger partial charge in [0, 0.05) is 23.6 Å². The van der Waals surface area contributed by atoms with E-state index in [2.05, 4.69) is 52.0 Å². The number of nitrogens with zero attached hydrogens (tertiary/aromatic N) is 1. The molecule has 1 aromatic carbocycles. The zero-order chi connectivity index (χ0) is 12.8. The van der Waals surface area contributed by atoms with Gasteiger partial charge in [-0.15, -0.1) is 0 Å². The summed E-state index contributed by atoms with van der Waals surface area (Å²) < 4.78 is 6.74. The Kier molecular flexibility index (Phi) is 5.67. The van der Waals surface area contributed by atoms with Crippen molar-refractivity contribution in [2.45, 2.75) is 32.2 Å². The van der Waals surface area contributed by atoms with Crippen molar-refractivity contribution < 1.29 is 4.74 Å². The van der Waals surface area contributed by atoms with Crippen molar-refractivity contribution in [2.75, 3.05) is 26.3 Å². The number of halogens is 1. The minimum atomic E-state index is 0.624. The molecule has 1 saturated heterocycles. The summed E-state index contributed by atoms with van der Waals surface area (Å²) in [6.45, 7) is 6.28. The molecule has 1 heterocycles. The van der Waals surface area contributed by atoms with Crippen LogP contribution in [0.1, 0.15) is 25.3 Å². The zero-order valence-corrected chi connectivity index (χ0v) is 12.7. The second-order valence-corrected chi connectivity index (χ2v) is 5.85. The van der Waals surface area contributed by atoms with Crippen molar-refractivity contribution in [1.82, 2.24) is 4.90 Å². The molecular weight excluding hydrogens is 290 g/mol. The van der Waals surface area contributed by atoms with Crippen LogP contribution in [0.25, 0.3) is 0 Å². The molecule has 0 aromatic heterocycles. The molecule has 0 amide bonds. The first kappa shape index (κ1) is 14.0. The topological polar surface area (TPSA) is 12.5 Å². The van der Waals surface area contributed by atoms with Gasteiger partial charge in [0.1, 0.15) is 0 Å². The maximum absolute atomic E-state index is 5.58. The first-order valence-corrected chi connectivity index (χ1v) is 7.65. The number of morpholine rings is 1. The van der Waals surface area contributed by atoms with Crippen LogP contribution in [-0.4, -0.2) is 37.2 Å². The highest BCUT2D eigenvalue weighted by atomic mass is 79.9. The minimum Gasteiger partial charge on any atom is -0.378 e. The summed E-state index contributed by atoms with van der Waals surface area (Å²) in [4.78, 5) is 2.59. The van der Waals surface area contributed by atoms with Gasteiger partial charge in [0.25, 0.3) is 0 Å². The van der Waals surface area contributed by atoms with Crippen LogP contribution in [-0.2, 0) is 11.2 Å². The summed E-state index contributed by atoms with van der Waals surface area (Å²) in [5.41, 5.74) is 1.42. The van der Waals surface area contributed by atoms with Crippen LogP contribution in [0.5, 0.6) is 0 Å². The largest absolute Gasteiger partial charge is 0.378 e. The van der Waals surface area contributed by atoms with Crippen LogP contribution >= 0.6 is 15.9 Å². The highest BCUT2D eigenvalue weighted by Crippen LogP contribution is 2.15. The molecule has 100 valence electrons. The molecule has 0 saturated carbocycles. The van der Waals surface area contributed by atoms with Crippen LogP contribution in [0.4, 0.5) is 0 Å². The van der Waals surface area contributed by atoms with Crippen LogP contribution < -0.4 is 0 Å². The van der Waals surface area contributed by atoms with E-state index in [1.807, 2.05) is 0 Å². The Bertz CT molecular complexity index is 350. The first-order valence-electron chi connectivity index (χ1n) is 6.86. The Hall–Kier alpha value is -0.380. The number of benzene rings is 1. The van der Waals surface area contributed by atoms with E-state index in [1.165, 1.54) is 18.4 Å². The van der Waals surface area contributed by atoms with Gasteiger partial charge in [-0.25, -0.2) is 0 Å². The number of hydrogen-bond donors (Lipinski definition) is 0. The Morgan fingerprint density at radius 2 is 2.11 bits per heavy atom. The Morgan fingerprint density at radius 1 is 1.33 bits per heavy atom. The molecule has 0 N–H and O–H groups in total. The molecule has 1 aliphatic rings. The van der Waals surface area contributed by atoms with Gasteiger partial charge in [-0.3, -0.25) is 4.90 Å². The molecule has 18 heavy (non-hydrogen) atoms. The van der Waals surface area contributed by atoms with Crippen molar-refractivity contribution in [2.24, 2.45) is 0 Å². The minimum absolute atomic E-state index is 0.624. The van der Waals surface area contributed by atoms with Crippen LogP contribution in [0.15, 0.2) is 28.7 Å². The van der Waals surface area contributed by atoms with Gasteiger partial charge in [0.15, 0.2) is 0 Å². The number of ether oxygens (including phenoxy) is 1. The summed E-state index contributed by atoms with van der Waals surface area (Å²) in [6, 6.07) is 9.29. The van der Waals surface area contributed by atoms with Gasteiger partial charge in [-0.2, -0.15) is 0 Å². The molecule has 3 heteroatoms. The van der Waals surface area contributed by atoms with E-state index in [-0.39, 0.29) is 0 Å². The molecule has 0 radical (unpaired) electrons. The van der Waals surface area contributed by atoms with Crippen molar-refractivity contribution in [1.29, 1.82) is 0 Å². The standard InChI is InChI=1S/C15H22BrNO/c1-2-3-15-12-18-11-10-17(15)9-8-13-4-6-14(16)7-5-13/h4-7,15H,2-3,8-12H2,1H3. The molecule has 2 nitrogen and oxygen atoms in total. The average molecular weight is 312 g/mol. The van der Waals surface area contributed by atoms with Gasteiger partial charge in [0.2, 0.25) is 0 Å². The molecule has 0 bridgehead atoms. The van der Waals surface area contributed by atoms with E-state index in [9.17, 15) is 0 Å². The molecule has 0 spiro atoms. The van der Waals surface area contributed by atoms with Crippen molar-refractivity contribution >= 4 is 15.9 Å². The fraction of sp³-hybridized carbons (Fsp3) is 0.600. The number of rotatable bonds is 5. The molecular formula is C15H22BrNO. The van der Waals surface area contributed by atoms with E-state index < -0.39 is 0 Å². The van der Waals surface area contributed by atoms with E-state index in [4.69, 9.17) is 4.74 Å². The highest BCUT2D eigenvalue weighted by Gasteiger charge is 2.21. The lowest BCUT2D eigenvalue weighted by Gasteiger charge is -2.35. The summed E-state index contributed by atoms with van der Waals surface area (Å²) >= 11 is 3.48. The zero-order valence-electron chi connectivity index (χ0n) is 11.1. The molecule has 2 rings (SSSR count). The SMILES string of the molecule is CCCC1COCCN1CCc1ccc(Br)cc1. The van der Waals surface area contributed by atoms with Crippen LogP contribution in [0.3, 0.4) is 0 Å². The number of hydrogen-bond acceptors (Lipinski definition) is 2. The van der Waals surface area contributed by atoms with Crippen molar-refractivity contribution in [3.63, 3.8) is 0 Å². The van der Waals surface area contributed by atoms with Gasteiger partial charge in [-0.05, 0) is 30.5 Å². The van der Waals surface area contributed by atoms with Gasteiger partial charge in [-0.1, -0.05) is 41.4 Å². The highest BCUT2D eigenvalue weighted by molar-refractivity contribution is 9.10. The monoisotopic (exact) mass is 311 g/mol. The third-order valence-electron chi connectivity index (χ3n) is 3.57. The fourth-order valence-electron chi connectivity index (χ4n) is 2.51. The lowest BCUT2D eigenvalue weighted by Crippen LogP contribution is -2.46. The smallest absolute Gasteiger partial charge is 0.0622 e. The quantitative estimate of drug-likeness (QED) is 0.825. The van der Waals surface area contributed by atoms with Gasteiger partial charge >= 0.3 is 0 Å².